The summed E-state index contributed by atoms with van der Waals surface area (Å²) < 4.78 is 45.7. The van der Waals surface area contributed by atoms with Gasteiger partial charge in [0.2, 0.25) is 0 Å². The Hall–Kier alpha value is -2.99. The average Bonchev–Trinajstić information content (AvgIpc) is 3.69. The summed E-state index contributed by atoms with van der Waals surface area (Å²) in [5.74, 6) is -1.18. The fourth-order valence-corrected chi connectivity index (χ4v) is 7.56. The molecule has 0 bridgehead atoms. The normalized spacial score (nSPS) is 29.2. The quantitative estimate of drug-likeness (QED) is 0.185. The molecule has 6 rings (SSSR count). The van der Waals surface area contributed by atoms with Crippen LogP contribution in [0, 0.1) is 0 Å². The second kappa shape index (κ2) is 13.4. The number of benzene rings is 1. The highest BCUT2D eigenvalue weighted by atomic mass is 79.9. The first-order valence-electron chi connectivity index (χ1n) is 15.9. The molecule has 0 N–H and O–H groups in total. The first-order chi connectivity index (χ1) is 22.7. The molecule has 48 heavy (non-hydrogen) atoms. The van der Waals surface area contributed by atoms with Crippen LogP contribution in [0.2, 0.25) is 18.1 Å². The topological polar surface area (TPSA) is 151 Å². The second-order valence-electron chi connectivity index (χ2n) is 13.8. The van der Waals surface area contributed by atoms with Gasteiger partial charge in [-0.3, -0.25) is 23.5 Å². The van der Waals surface area contributed by atoms with Gasteiger partial charge in [0.1, 0.15) is 24.6 Å². The lowest BCUT2D eigenvalue weighted by molar-refractivity contribution is -0.247. The van der Waals surface area contributed by atoms with E-state index in [0.29, 0.717) is 6.61 Å². The summed E-state index contributed by atoms with van der Waals surface area (Å²) in [5.41, 5.74) is 0.679. The predicted molar refractivity (Wildman–Crippen MR) is 176 cm³/mol. The SMILES string of the molecule is CC(=O)O[C@@H]1[C@H](OC(C)=O)[C@@H](CO[Si](C)(C)C(C)(C)C)O[C@H]1n1c(Br)nc2c(=O)n([C@H]3CO[C@H]4COC(c5ccccc5)O[C@H]43)cnc21. The third-order valence-electron chi connectivity index (χ3n) is 9.49. The Bertz CT molecular complexity index is 1730. The van der Waals surface area contributed by atoms with Gasteiger partial charge in [-0.2, -0.15) is 0 Å². The molecule has 0 spiro atoms. The lowest BCUT2D eigenvalue weighted by Crippen LogP contribution is -2.46. The molecule has 3 aromatic rings. The Morgan fingerprint density at radius 3 is 2.38 bits per heavy atom. The van der Waals surface area contributed by atoms with Crippen molar-refractivity contribution in [1.29, 1.82) is 0 Å². The van der Waals surface area contributed by atoms with Gasteiger partial charge in [0, 0.05) is 19.4 Å². The molecule has 16 heteroatoms. The minimum atomic E-state index is -2.24. The number of carbonyl (C=O) groups is 2. The number of nitrogens with zero attached hydrogens (tertiary/aromatic N) is 4. The van der Waals surface area contributed by atoms with Crippen LogP contribution in [0.15, 0.2) is 46.2 Å². The molecule has 0 saturated carbocycles. The van der Waals surface area contributed by atoms with E-state index in [2.05, 4.69) is 59.8 Å². The Morgan fingerprint density at radius 2 is 1.71 bits per heavy atom. The number of halogens is 1. The number of carbonyl (C=O) groups excluding carboxylic acids is 2. The Balaban J connectivity index is 1.33. The number of rotatable bonds is 8. The van der Waals surface area contributed by atoms with Gasteiger partial charge in [-0.1, -0.05) is 51.1 Å². The summed E-state index contributed by atoms with van der Waals surface area (Å²) >= 11 is 3.48. The number of aromatic nitrogens is 4. The molecular formula is C32H41BrN4O10Si. The first-order valence-corrected chi connectivity index (χ1v) is 19.6. The zero-order valence-electron chi connectivity index (χ0n) is 28.0. The lowest BCUT2D eigenvalue weighted by atomic mass is 10.1. The molecule has 1 unspecified atom stereocenters. The van der Waals surface area contributed by atoms with Gasteiger partial charge < -0.3 is 32.8 Å². The molecule has 3 saturated heterocycles. The summed E-state index contributed by atoms with van der Waals surface area (Å²) in [6.45, 7) is 13.7. The molecule has 3 aliphatic rings. The van der Waals surface area contributed by atoms with Crippen molar-refractivity contribution in [3.05, 3.63) is 57.3 Å². The fraction of sp³-hybridized carbons (Fsp3) is 0.594. The monoisotopic (exact) mass is 748 g/mol. The van der Waals surface area contributed by atoms with E-state index in [1.165, 1.54) is 29.3 Å². The molecule has 3 aliphatic heterocycles. The molecular weight excluding hydrogens is 708 g/mol. The molecule has 2 aromatic heterocycles. The van der Waals surface area contributed by atoms with Crippen molar-refractivity contribution in [2.24, 2.45) is 0 Å². The number of esters is 2. The number of fused-ring (bicyclic) bond motifs is 2. The summed E-state index contributed by atoms with van der Waals surface area (Å²) in [5, 5.41) is -0.0901. The number of imidazole rings is 1. The summed E-state index contributed by atoms with van der Waals surface area (Å²) in [7, 11) is -2.24. The minimum Gasteiger partial charge on any atom is -0.456 e. The first kappa shape index (κ1) is 34.9. The standard InChI is InChI=1S/C32H41BrN4O10Si/c1-17(38)44-25-22(15-43-48(6,7)32(3,4)5)46-29(26(25)45-18(2)39)37-27-23(35-31(37)33)28(40)36(16-34-27)20-13-41-21-14-42-30(47-24(20)21)19-11-9-8-10-12-19/h8-12,16,20-22,24-26,29-30H,13-15H2,1-7H3/t20-,21-,22+,24-,25+,26+,29+,30?/m0/s1. The lowest BCUT2D eigenvalue weighted by Gasteiger charge is -2.37. The van der Waals surface area contributed by atoms with Gasteiger partial charge in [0.05, 0.1) is 25.9 Å². The van der Waals surface area contributed by atoms with Gasteiger partial charge >= 0.3 is 11.9 Å². The van der Waals surface area contributed by atoms with Crippen LogP contribution in [0.4, 0.5) is 0 Å². The van der Waals surface area contributed by atoms with Crippen LogP contribution < -0.4 is 5.56 Å². The van der Waals surface area contributed by atoms with Crippen molar-refractivity contribution in [1.82, 2.24) is 19.1 Å². The minimum absolute atomic E-state index is 0.0506. The second-order valence-corrected chi connectivity index (χ2v) is 19.3. The van der Waals surface area contributed by atoms with Crippen molar-refractivity contribution >= 4 is 47.3 Å². The molecule has 5 heterocycles. The van der Waals surface area contributed by atoms with Gasteiger partial charge in [-0.05, 0) is 34.1 Å². The van der Waals surface area contributed by atoms with Gasteiger partial charge in [0.25, 0.3) is 5.56 Å². The van der Waals surface area contributed by atoms with E-state index >= 15 is 0 Å². The van der Waals surface area contributed by atoms with E-state index in [4.69, 9.17) is 32.8 Å². The molecule has 0 aliphatic carbocycles. The highest BCUT2D eigenvalue weighted by molar-refractivity contribution is 9.10. The molecule has 1 aromatic carbocycles. The van der Waals surface area contributed by atoms with Gasteiger partial charge in [-0.25, -0.2) is 9.97 Å². The van der Waals surface area contributed by atoms with Gasteiger partial charge in [0.15, 0.2) is 48.9 Å². The number of hydrogen-bond acceptors (Lipinski definition) is 12. The zero-order chi connectivity index (χ0) is 34.5. The van der Waals surface area contributed by atoms with Crippen molar-refractivity contribution in [3.8, 4) is 0 Å². The zero-order valence-corrected chi connectivity index (χ0v) is 30.5. The van der Waals surface area contributed by atoms with Crippen LogP contribution >= 0.6 is 15.9 Å². The molecule has 3 fully saturated rings. The fourth-order valence-electron chi connectivity index (χ4n) is 5.99. The third-order valence-corrected chi connectivity index (χ3v) is 14.6. The maximum Gasteiger partial charge on any atom is 0.303 e. The highest BCUT2D eigenvalue weighted by Gasteiger charge is 2.52. The molecule has 0 radical (unpaired) electrons. The van der Waals surface area contributed by atoms with Crippen LogP contribution in [-0.2, 0) is 42.4 Å². The molecule has 260 valence electrons. The van der Waals surface area contributed by atoms with E-state index in [9.17, 15) is 14.4 Å². The van der Waals surface area contributed by atoms with E-state index in [1.807, 2.05) is 30.3 Å². The summed E-state index contributed by atoms with van der Waals surface area (Å²) in [6.07, 6.45) is -3.94. The average molecular weight is 750 g/mol. The predicted octanol–water partition coefficient (Wildman–Crippen LogP) is 4.19. The number of ether oxygens (including phenoxy) is 6. The smallest absolute Gasteiger partial charge is 0.303 e. The van der Waals surface area contributed by atoms with E-state index < -0.39 is 68.8 Å². The maximum absolute atomic E-state index is 14.0. The molecule has 8 atom stereocenters. The van der Waals surface area contributed by atoms with Crippen molar-refractivity contribution < 1.29 is 42.4 Å². The largest absolute Gasteiger partial charge is 0.456 e. The van der Waals surface area contributed by atoms with Gasteiger partial charge in [-0.15, -0.1) is 0 Å². The highest BCUT2D eigenvalue weighted by Crippen LogP contribution is 2.41. The van der Waals surface area contributed by atoms with E-state index in [-0.39, 0.29) is 40.3 Å². The van der Waals surface area contributed by atoms with Crippen LogP contribution in [0.5, 0.6) is 0 Å². The molecule has 14 nitrogen and oxygen atoms in total. The number of hydrogen-bond donors (Lipinski definition) is 0. The molecule has 0 amide bonds. The summed E-state index contributed by atoms with van der Waals surface area (Å²) in [6, 6.07) is 9.09. The van der Waals surface area contributed by atoms with Crippen molar-refractivity contribution in [3.63, 3.8) is 0 Å². The van der Waals surface area contributed by atoms with Crippen molar-refractivity contribution in [2.45, 2.75) is 102 Å². The van der Waals surface area contributed by atoms with E-state index in [1.54, 1.807) is 0 Å². The Kier molecular flexibility index (Phi) is 9.71. The van der Waals surface area contributed by atoms with Crippen molar-refractivity contribution in [2.75, 3.05) is 19.8 Å². The van der Waals surface area contributed by atoms with E-state index in [0.717, 1.165) is 5.56 Å². The maximum atomic E-state index is 14.0. The van der Waals surface area contributed by atoms with Crippen LogP contribution in [0.1, 0.15) is 58.7 Å². The Morgan fingerprint density at radius 1 is 1.02 bits per heavy atom. The summed E-state index contributed by atoms with van der Waals surface area (Å²) in [4.78, 5) is 47.8. The third kappa shape index (κ3) is 6.63. The Labute approximate surface area is 287 Å². The van der Waals surface area contributed by atoms with Crippen LogP contribution in [0.25, 0.3) is 11.2 Å². The van der Waals surface area contributed by atoms with Crippen LogP contribution in [0.3, 0.4) is 0 Å². The van der Waals surface area contributed by atoms with Crippen LogP contribution in [-0.4, -0.2) is 89.7 Å².